The van der Waals surface area contributed by atoms with Gasteiger partial charge in [-0.15, -0.1) is 24.8 Å². The second-order valence-corrected chi connectivity index (χ2v) is 15.5. The highest BCUT2D eigenvalue weighted by Gasteiger charge is 2.39. The Morgan fingerprint density at radius 3 is 2.07 bits per heavy atom. The largest absolute Gasteiger partial charge is 0.493 e. The number of hydrogen-bond donors (Lipinski definition) is 2. The first-order valence-corrected chi connectivity index (χ1v) is 20.2. The third kappa shape index (κ3) is 11.5. The Balaban J connectivity index is 0.00000348. The van der Waals surface area contributed by atoms with Gasteiger partial charge in [0, 0.05) is 36.5 Å². The van der Waals surface area contributed by atoms with Crippen LogP contribution in [0.5, 0.6) is 11.5 Å². The normalized spacial score (nSPS) is 16.3. The molecule has 4 aromatic rings. The number of amides is 1. The van der Waals surface area contributed by atoms with Gasteiger partial charge < -0.3 is 25.0 Å². The van der Waals surface area contributed by atoms with Crippen LogP contribution in [0.2, 0.25) is 0 Å². The fraction of sp³-hybridized carbons (Fsp3) is 0.468. The summed E-state index contributed by atoms with van der Waals surface area (Å²) in [7, 11) is 5.74. The van der Waals surface area contributed by atoms with Crippen molar-refractivity contribution in [3.8, 4) is 11.5 Å². The number of ether oxygens (including phenoxy) is 2. The summed E-state index contributed by atoms with van der Waals surface area (Å²) in [5.41, 5.74) is 5.94. The maximum Gasteiger partial charge on any atom is 0.220 e. The summed E-state index contributed by atoms with van der Waals surface area (Å²) in [5.74, 6) is 1.36. The molecule has 0 radical (unpaired) electrons. The minimum atomic E-state index is -0.258. The third-order valence-electron chi connectivity index (χ3n) is 12.0. The van der Waals surface area contributed by atoms with Crippen molar-refractivity contribution in [3.05, 3.63) is 131 Å². The average molecular weight is 807 g/mol. The zero-order chi connectivity index (χ0) is 37.8. The molecule has 2 N–H and O–H groups in total. The van der Waals surface area contributed by atoms with Crippen LogP contribution in [0.25, 0.3) is 0 Å². The van der Waals surface area contributed by atoms with Crippen molar-refractivity contribution in [2.24, 2.45) is 0 Å². The molecule has 56 heavy (non-hydrogen) atoms. The predicted octanol–water partition coefficient (Wildman–Crippen LogP) is 9.98. The van der Waals surface area contributed by atoms with E-state index in [-0.39, 0.29) is 47.5 Å². The number of carbonyl (C=O) groups is 1. The van der Waals surface area contributed by atoms with Crippen LogP contribution in [0.1, 0.15) is 98.4 Å². The van der Waals surface area contributed by atoms with E-state index in [1.165, 1.54) is 53.6 Å². The number of unbranched alkanes of at least 4 members (excludes halogenated alkanes) is 1. The number of nitrogens with zero attached hydrogens (tertiary/aromatic N) is 1. The monoisotopic (exact) mass is 805 g/mol. The Labute approximate surface area is 347 Å². The van der Waals surface area contributed by atoms with Gasteiger partial charge in [0.15, 0.2) is 11.5 Å². The Kier molecular flexibility index (Phi) is 17.5. The maximum atomic E-state index is 13.4. The first-order valence-electron chi connectivity index (χ1n) is 20.2. The summed E-state index contributed by atoms with van der Waals surface area (Å²) in [6, 6.07) is 33.6. The smallest absolute Gasteiger partial charge is 0.220 e. The van der Waals surface area contributed by atoms with Crippen molar-refractivity contribution < 1.29 is 18.7 Å². The van der Waals surface area contributed by atoms with Crippen molar-refractivity contribution in [2.75, 3.05) is 40.9 Å². The molecule has 1 unspecified atom stereocenters. The van der Waals surface area contributed by atoms with Crippen LogP contribution in [0, 0.1) is 5.82 Å². The van der Waals surface area contributed by atoms with E-state index in [0.29, 0.717) is 19.4 Å². The number of aryl methyl sites for hydroxylation is 1. The van der Waals surface area contributed by atoms with Crippen LogP contribution in [-0.2, 0) is 28.6 Å². The van der Waals surface area contributed by atoms with Gasteiger partial charge >= 0.3 is 0 Å². The minimum absolute atomic E-state index is 0. The number of nitrogens with one attached hydrogen (secondary N) is 2. The fourth-order valence-corrected chi connectivity index (χ4v) is 8.85. The first kappa shape index (κ1) is 45.1. The lowest BCUT2D eigenvalue weighted by atomic mass is 9.66. The highest BCUT2D eigenvalue weighted by Crippen LogP contribution is 2.46. The number of hydrogen-bond acceptors (Lipinski definition) is 5. The Morgan fingerprint density at radius 2 is 1.45 bits per heavy atom. The zero-order valence-corrected chi connectivity index (χ0v) is 35.1. The van der Waals surface area contributed by atoms with E-state index in [9.17, 15) is 9.18 Å². The van der Waals surface area contributed by atoms with Crippen LogP contribution >= 0.6 is 24.8 Å². The van der Waals surface area contributed by atoms with Crippen molar-refractivity contribution >= 4 is 30.7 Å². The van der Waals surface area contributed by atoms with Crippen molar-refractivity contribution in [3.63, 3.8) is 0 Å². The highest BCUT2D eigenvalue weighted by atomic mass is 35.5. The first-order chi connectivity index (χ1) is 26.4. The second-order valence-electron chi connectivity index (χ2n) is 15.5. The molecular formula is C47H62Cl2FN3O3. The Hall–Kier alpha value is -3.62. The number of halogens is 3. The molecule has 1 atom stereocenters. The summed E-state index contributed by atoms with van der Waals surface area (Å²) in [5, 5.41) is 7.27. The molecular weight excluding hydrogens is 744 g/mol. The Morgan fingerprint density at radius 1 is 0.839 bits per heavy atom. The molecule has 0 saturated heterocycles. The van der Waals surface area contributed by atoms with Gasteiger partial charge in [0.2, 0.25) is 5.91 Å². The van der Waals surface area contributed by atoms with E-state index in [4.69, 9.17) is 9.47 Å². The van der Waals surface area contributed by atoms with E-state index in [0.717, 1.165) is 87.6 Å². The number of carbonyl (C=O) groups excluding carboxylic acids is 1. The standard InChI is InChI=1S/C47H60FN3O3.2ClH/c1-51(41-23-24-41)33-11-10-29-47(42-35-44(54-3)43(53-2)34-37(42)26-32-50-47)30-12-27-46(38-14-6-4-7-15-38,39-16-8-5-9-17-39)28-13-31-49-45(52)25-20-36-18-21-40(48)22-19-36;;/h4-9,14-19,21-22,34-35,41,50H,10-13,20,23-33H2,1-3H3,(H,49,52);2*1H. The molecule has 1 saturated carbocycles. The van der Waals surface area contributed by atoms with E-state index in [1.807, 2.05) is 0 Å². The van der Waals surface area contributed by atoms with Gasteiger partial charge in [0.25, 0.3) is 0 Å². The van der Waals surface area contributed by atoms with Crippen molar-refractivity contribution in [1.82, 2.24) is 15.5 Å². The lowest BCUT2D eigenvalue weighted by Gasteiger charge is -2.43. The van der Waals surface area contributed by atoms with Crippen LogP contribution in [0.15, 0.2) is 97.1 Å². The van der Waals surface area contributed by atoms with Crippen LogP contribution < -0.4 is 20.1 Å². The van der Waals surface area contributed by atoms with E-state index < -0.39 is 0 Å². The molecule has 0 bridgehead atoms. The van der Waals surface area contributed by atoms with Gasteiger partial charge in [0.1, 0.15) is 5.82 Å². The molecule has 6 rings (SSSR count). The molecule has 0 spiro atoms. The summed E-state index contributed by atoms with van der Waals surface area (Å²) >= 11 is 0. The van der Waals surface area contributed by atoms with Crippen LogP contribution in [-0.4, -0.2) is 57.8 Å². The van der Waals surface area contributed by atoms with E-state index in [2.05, 4.69) is 95.4 Å². The van der Waals surface area contributed by atoms with E-state index in [1.54, 1.807) is 26.4 Å². The van der Waals surface area contributed by atoms with Gasteiger partial charge in [0.05, 0.1) is 14.2 Å². The average Bonchev–Trinajstić information content (AvgIpc) is 4.07. The van der Waals surface area contributed by atoms with Crippen LogP contribution in [0.4, 0.5) is 4.39 Å². The van der Waals surface area contributed by atoms with Crippen LogP contribution in [0.3, 0.4) is 0 Å². The second kappa shape index (κ2) is 21.8. The molecule has 6 nitrogen and oxygen atoms in total. The third-order valence-corrected chi connectivity index (χ3v) is 12.0. The molecule has 9 heteroatoms. The molecule has 1 aliphatic carbocycles. The number of fused-ring (bicyclic) bond motifs is 1. The van der Waals surface area contributed by atoms with Gasteiger partial charge in [-0.1, -0.05) is 79.2 Å². The SMILES string of the molecule is COc1cc2c(cc1OC)C(CCCCN(C)C1CC1)(CCCC(CCCNC(=O)CCc1ccc(F)cc1)(c1ccccc1)c1ccccc1)NCC2.Cl.Cl. The lowest BCUT2D eigenvalue weighted by molar-refractivity contribution is -0.121. The predicted molar refractivity (Wildman–Crippen MR) is 231 cm³/mol. The fourth-order valence-electron chi connectivity index (χ4n) is 8.85. The van der Waals surface area contributed by atoms with Gasteiger partial charge in [-0.05, 0) is 136 Å². The number of benzene rings is 4. The van der Waals surface area contributed by atoms with E-state index >= 15 is 0 Å². The van der Waals surface area contributed by atoms with Gasteiger partial charge in [-0.3, -0.25) is 4.79 Å². The zero-order valence-electron chi connectivity index (χ0n) is 33.5. The summed E-state index contributed by atoms with van der Waals surface area (Å²) < 4.78 is 25.0. The quantitative estimate of drug-likeness (QED) is 0.0822. The number of methoxy groups -OCH3 is 2. The molecule has 4 aromatic carbocycles. The number of rotatable bonds is 21. The summed E-state index contributed by atoms with van der Waals surface area (Å²) in [6.07, 6.45) is 12.8. The highest BCUT2D eigenvalue weighted by molar-refractivity contribution is 5.85. The topological polar surface area (TPSA) is 62.8 Å². The summed E-state index contributed by atoms with van der Waals surface area (Å²) in [6.45, 7) is 2.70. The maximum absolute atomic E-state index is 13.4. The molecule has 1 fully saturated rings. The van der Waals surface area contributed by atoms with Crippen molar-refractivity contribution in [1.29, 1.82) is 0 Å². The molecule has 0 aromatic heterocycles. The van der Waals surface area contributed by atoms with Crippen molar-refractivity contribution in [2.45, 2.75) is 100 Å². The van der Waals surface area contributed by atoms with Gasteiger partial charge in [-0.25, -0.2) is 4.39 Å². The minimum Gasteiger partial charge on any atom is -0.493 e. The molecule has 2 aliphatic rings. The molecule has 304 valence electrons. The lowest BCUT2D eigenvalue weighted by Crippen LogP contribution is -2.47. The summed E-state index contributed by atoms with van der Waals surface area (Å²) in [4.78, 5) is 15.4. The molecule has 1 aliphatic heterocycles. The van der Waals surface area contributed by atoms with Gasteiger partial charge in [-0.2, -0.15) is 0 Å². The molecule has 1 heterocycles. The molecule has 1 amide bonds. The Bertz CT molecular complexity index is 1740.